The molecule has 0 radical (unpaired) electrons. The van der Waals surface area contributed by atoms with Crippen LogP contribution in [0.15, 0.2) is 34.6 Å². The number of thiophene rings is 1. The molecule has 7 heteroatoms. The van der Waals surface area contributed by atoms with E-state index in [1.165, 1.54) is 16.5 Å². The third kappa shape index (κ3) is 5.07. The van der Waals surface area contributed by atoms with Gasteiger partial charge in [-0.1, -0.05) is 12.1 Å². The van der Waals surface area contributed by atoms with E-state index in [1.54, 1.807) is 31.4 Å². The van der Waals surface area contributed by atoms with Crippen molar-refractivity contribution in [3.8, 4) is 0 Å². The third-order valence-corrected chi connectivity index (χ3v) is 5.72. The summed E-state index contributed by atoms with van der Waals surface area (Å²) in [5.41, 5.74) is 2.88. The topological polar surface area (TPSA) is 56.7 Å². The third-order valence-electron chi connectivity index (χ3n) is 4.70. The standard InChI is InChI=1S/C20H25FN4OS/c1-14-11-15(3-4-17(14)21)12-24-20(22-2)23-8-5-19(26)25-9-6-18-16(13-25)7-10-27-18/h3-4,7,10-11H,5-6,8-9,12-13H2,1-2H3,(H2,22,23,24). The molecule has 1 aliphatic heterocycles. The molecule has 2 N–H and O–H groups in total. The van der Waals surface area contributed by atoms with E-state index in [2.05, 4.69) is 27.1 Å². The summed E-state index contributed by atoms with van der Waals surface area (Å²) < 4.78 is 13.3. The van der Waals surface area contributed by atoms with Crippen LogP contribution in [0.3, 0.4) is 0 Å². The Morgan fingerprint density at radius 2 is 2.19 bits per heavy atom. The average Bonchev–Trinajstić information content (AvgIpc) is 3.14. The Morgan fingerprint density at radius 3 is 2.96 bits per heavy atom. The predicted octanol–water partition coefficient (Wildman–Crippen LogP) is 2.84. The zero-order chi connectivity index (χ0) is 19.2. The number of nitrogens with zero attached hydrogens (tertiary/aromatic N) is 2. The summed E-state index contributed by atoms with van der Waals surface area (Å²) in [6, 6.07) is 7.15. The Hall–Kier alpha value is -2.41. The highest BCUT2D eigenvalue weighted by Crippen LogP contribution is 2.24. The molecule has 3 rings (SSSR count). The number of aliphatic imine (C=N–C) groups is 1. The zero-order valence-corrected chi connectivity index (χ0v) is 16.5. The van der Waals surface area contributed by atoms with E-state index in [0.29, 0.717) is 37.6 Å². The lowest BCUT2D eigenvalue weighted by Gasteiger charge is -2.27. The highest BCUT2D eigenvalue weighted by atomic mass is 32.1. The Bertz CT molecular complexity index is 833. The average molecular weight is 389 g/mol. The second kappa shape index (κ2) is 8.99. The first kappa shape index (κ1) is 19.4. The van der Waals surface area contributed by atoms with Crippen LogP contribution in [0.25, 0.3) is 0 Å². The maximum Gasteiger partial charge on any atom is 0.224 e. The van der Waals surface area contributed by atoms with E-state index in [9.17, 15) is 9.18 Å². The van der Waals surface area contributed by atoms with Gasteiger partial charge in [0, 0.05) is 44.5 Å². The lowest BCUT2D eigenvalue weighted by Crippen LogP contribution is -2.40. The highest BCUT2D eigenvalue weighted by molar-refractivity contribution is 7.10. The summed E-state index contributed by atoms with van der Waals surface area (Å²) in [7, 11) is 1.69. The minimum absolute atomic E-state index is 0.156. The van der Waals surface area contributed by atoms with E-state index < -0.39 is 0 Å². The number of aryl methyl sites for hydroxylation is 1. The molecule has 2 aromatic rings. The fourth-order valence-electron chi connectivity index (χ4n) is 3.13. The maximum atomic E-state index is 13.3. The molecular formula is C20H25FN4OS. The first-order valence-corrected chi connectivity index (χ1v) is 9.97. The van der Waals surface area contributed by atoms with E-state index in [0.717, 1.165) is 18.5 Å². The minimum Gasteiger partial charge on any atom is -0.356 e. The number of halogens is 1. The number of amides is 1. The summed E-state index contributed by atoms with van der Waals surface area (Å²) in [6.45, 7) is 4.32. The molecule has 1 aromatic heterocycles. The first-order valence-electron chi connectivity index (χ1n) is 9.09. The maximum absolute atomic E-state index is 13.3. The van der Waals surface area contributed by atoms with Crippen molar-refractivity contribution >= 4 is 23.2 Å². The van der Waals surface area contributed by atoms with Gasteiger partial charge in [-0.15, -0.1) is 11.3 Å². The molecule has 5 nitrogen and oxygen atoms in total. The van der Waals surface area contributed by atoms with Crippen molar-refractivity contribution in [1.29, 1.82) is 0 Å². The Kier molecular flexibility index (Phi) is 6.45. The molecule has 144 valence electrons. The number of nitrogens with one attached hydrogen (secondary N) is 2. The number of benzene rings is 1. The van der Waals surface area contributed by atoms with Crippen molar-refractivity contribution in [2.75, 3.05) is 20.1 Å². The van der Waals surface area contributed by atoms with Gasteiger partial charge in [-0.3, -0.25) is 9.79 Å². The lowest BCUT2D eigenvalue weighted by molar-refractivity contribution is -0.131. The van der Waals surface area contributed by atoms with Gasteiger partial charge in [-0.05, 0) is 47.5 Å². The number of hydrogen-bond acceptors (Lipinski definition) is 3. The van der Waals surface area contributed by atoms with Crippen molar-refractivity contribution in [3.63, 3.8) is 0 Å². The monoisotopic (exact) mass is 388 g/mol. The molecule has 0 spiro atoms. The van der Waals surface area contributed by atoms with Crippen molar-refractivity contribution < 1.29 is 9.18 Å². The number of carbonyl (C=O) groups is 1. The summed E-state index contributed by atoms with van der Waals surface area (Å²) in [6.07, 6.45) is 1.38. The first-order chi connectivity index (χ1) is 13.1. The van der Waals surface area contributed by atoms with E-state index in [4.69, 9.17) is 0 Å². The lowest BCUT2D eigenvalue weighted by atomic mass is 10.1. The van der Waals surface area contributed by atoms with Gasteiger partial charge in [-0.2, -0.15) is 0 Å². The predicted molar refractivity (Wildman–Crippen MR) is 107 cm³/mol. The van der Waals surface area contributed by atoms with Crippen LogP contribution in [0.1, 0.15) is 28.0 Å². The van der Waals surface area contributed by atoms with Gasteiger partial charge in [0.05, 0.1) is 0 Å². The van der Waals surface area contributed by atoms with Gasteiger partial charge in [0.2, 0.25) is 5.91 Å². The van der Waals surface area contributed by atoms with Gasteiger partial charge < -0.3 is 15.5 Å². The van der Waals surface area contributed by atoms with Gasteiger partial charge in [0.15, 0.2) is 5.96 Å². The fraction of sp³-hybridized carbons (Fsp3) is 0.400. The number of hydrogen-bond donors (Lipinski definition) is 2. The molecule has 27 heavy (non-hydrogen) atoms. The fourth-order valence-corrected chi connectivity index (χ4v) is 4.02. The summed E-state index contributed by atoms with van der Waals surface area (Å²) in [5.74, 6) is 0.583. The molecular weight excluding hydrogens is 363 g/mol. The van der Waals surface area contributed by atoms with Crippen molar-refractivity contribution in [2.24, 2.45) is 4.99 Å². The molecule has 0 saturated carbocycles. The summed E-state index contributed by atoms with van der Waals surface area (Å²) in [5, 5.41) is 8.45. The van der Waals surface area contributed by atoms with Crippen LogP contribution in [-0.4, -0.2) is 36.9 Å². The molecule has 0 bridgehead atoms. The van der Waals surface area contributed by atoms with Crippen LogP contribution in [0.2, 0.25) is 0 Å². The largest absolute Gasteiger partial charge is 0.356 e. The molecule has 0 aliphatic carbocycles. The summed E-state index contributed by atoms with van der Waals surface area (Å²) >= 11 is 1.77. The van der Waals surface area contributed by atoms with Crippen LogP contribution in [0.5, 0.6) is 0 Å². The molecule has 1 aromatic carbocycles. The Labute approximate surface area is 163 Å². The quantitative estimate of drug-likeness (QED) is 0.612. The SMILES string of the molecule is CN=C(NCCC(=O)N1CCc2sccc2C1)NCc1ccc(F)c(C)c1. The zero-order valence-electron chi connectivity index (χ0n) is 15.7. The van der Waals surface area contributed by atoms with Crippen molar-refractivity contribution in [1.82, 2.24) is 15.5 Å². The van der Waals surface area contributed by atoms with Crippen molar-refractivity contribution in [2.45, 2.75) is 32.9 Å². The van der Waals surface area contributed by atoms with Crippen LogP contribution < -0.4 is 10.6 Å². The normalized spacial score (nSPS) is 14.0. The van der Waals surface area contributed by atoms with E-state index in [1.807, 2.05) is 11.0 Å². The number of fused-ring (bicyclic) bond motifs is 1. The van der Waals surface area contributed by atoms with Crippen molar-refractivity contribution in [3.05, 3.63) is 57.0 Å². The Morgan fingerprint density at radius 1 is 1.33 bits per heavy atom. The summed E-state index contributed by atoms with van der Waals surface area (Å²) in [4.78, 5) is 19.9. The molecule has 0 saturated heterocycles. The number of carbonyl (C=O) groups excluding carboxylic acids is 1. The minimum atomic E-state index is -0.202. The van der Waals surface area contributed by atoms with Gasteiger partial charge >= 0.3 is 0 Å². The molecule has 0 fully saturated rings. The molecule has 2 heterocycles. The van der Waals surface area contributed by atoms with Gasteiger partial charge in [0.25, 0.3) is 0 Å². The van der Waals surface area contributed by atoms with Crippen LogP contribution in [0.4, 0.5) is 4.39 Å². The second-order valence-corrected chi connectivity index (χ2v) is 7.62. The number of guanidine groups is 1. The highest BCUT2D eigenvalue weighted by Gasteiger charge is 2.20. The smallest absolute Gasteiger partial charge is 0.224 e. The van der Waals surface area contributed by atoms with Gasteiger partial charge in [-0.25, -0.2) is 4.39 Å². The van der Waals surface area contributed by atoms with Crippen LogP contribution in [0, 0.1) is 12.7 Å². The molecule has 0 unspecified atom stereocenters. The van der Waals surface area contributed by atoms with Crippen LogP contribution >= 0.6 is 11.3 Å². The second-order valence-electron chi connectivity index (χ2n) is 6.62. The molecule has 1 aliphatic rings. The molecule has 0 atom stereocenters. The van der Waals surface area contributed by atoms with Gasteiger partial charge in [0.1, 0.15) is 5.82 Å². The van der Waals surface area contributed by atoms with E-state index in [-0.39, 0.29) is 11.7 Å². The molecule has 1 amide bonds. The van der Waals surface area contributed by atoms with Crippen LogP contribution in [-0.2, 0) is 24.3 Å². The number of rotatable bonds is 5. The Balaban J connectivity index is 1.42. The van der Waals surface area contributed by atoms with E-state index >= 15 is 0 Å².